The molecule has 1 aliphatic rings. The summed E-state index contributed by atoms with van der Waals surface area (Å²) in [6.45, 7) is 6.91. The summed E-state index contributed by atoms with van der Waals surface area (Å²) in [6, 6.07) is 12.5. The summed E-state index contributed by atoms with van der Waals surface area (Å²) in [4.78, 5) is 15.7. The second-order valence-corrected chi connectivity index (χ2v) is 7.94. The Labute approximate surface area is 185 Å². The molecule has 0 radical (unpaired) electrons. The molecule has 0 saturated carbocycles. The lowest BCUT2D eigenvalue weighted by atomic mass is 10.0. The van der Waals surface area contributed by atoms with Gasteiger partial charge in [0.05, 0.1) is 18.2 Å². The maximum absolute atomic E-state index is 13.5. The van der Waals surface area contributed by atoms with Gasteiger partial charge in [-0.15, -0.1) is 0 Å². The zero-order chi connectivity index (χ0) is 21.8. The smallest absolute Gasteiger partial charge is 0.233 e. The van der Waals surface area contributed by atoms with E-state index in [0.717, 1.165) is 5.69 Å². The Kier molecular flexibility index (Phi) is 6.48. The fraction of sp³-hybridized carbons (Fsp3) is 0.318. The molecular weight excluding hydrogens is 419 g/mol. The quantitative estimate of drug-likeness (QED) is 0.549. The Hall–Kier alpha value is -2.97. The van der Waals surface area contributed by atoms with Crippen molar-refractivity contribution in [1.29, 1.82) is 0 Å². The number of hydrogen-bond acceptors (Lipinski definition) is 7. The van der Waals surface area contributed by atoms with Crippen LogP contribution in [0.1, 0.15) is 25.3 Å². The molecule has 0 atom stereocenters. The highest BCUT2D eigenvalue weighted by Crippen LogP contribution is 2.25. The molecule has 1 fully saturated rings. The molecule has 0 amide bonds. The summed E-state index contributed by atoms with van der Waals surface area (Å²) < 4.78 is 18.9. The second kappa shape index (κ2) is 9.45. The maximum atomic E-state index is 13.5. The first-order chi connectivity index (χ1) is 15.0. The van der Waals surface area contributed by atoms with Gasteiger partial charge in [-0.05, 0) is 41.8 Å². The summed E-state index contributed by atoms with van der Waals surface area (Å²) in [5.74, 6) is 1.25. The number of hydrogen-bond donors (Lipinski definition) is 2. The first kappa shape index (κ1) is 21.3. The lowest BCUT2D eigenvalue weighted by Gasteiger charge is -2.27. The predicted octanol–water partition coefficient (Wildman–Crippen LogP) is 5.11. The van der Waals surface area contributed by atoms with Gasteiger partial charge < -0.3 is 20.3 Å². The van der Waals surface area contributed by atoms with Crippen molar-refractivity contribution in [3.8, 4) is 0 Å². The van der Waals surface area contributed by atoms with E-state index in [9.17, 15) is 4.39 Å². The van der Waals surface area contributed by atoms with Gasteiger partial charge >= 0.3 is 0 Å². The van der Waals surface area contributed by atoms with Crippen LogP contribution in [-0.2, 0) is 4.74 Å². The van der Waals surface area contributed by atoms with Gasteiger partial charge in [0.1, 0.15) is 5.82 Å². The molecule has 1 saturated heterocycles. The topological polar surface area (TPSA) is 75.2 Å². The third-order valence-electron chi connectivity index (χ3n) is 4.93. The molecule has 162 valence electrons. The van der Waals surface area contributed by atoms with Gasteiger partial charge in [0.15, 0.2) is 0 Å². The highest BCUT2D eigenvalue weighted by Gasteiger charge is 2.17. The van der Waals surface area contributed by atoms with E-state index in [0.29, 0.717) is 55.8 Å². The van der Waals surface area contributed by atoms with Crippen molar-refractivity contribution >= 4 is 40.8 Å². The molecule has 7 nitrogen and oxygen atoms in total. The van der Waals surface area contributed by atoms with Crippen molar-refractivity contribution in [3.05, 3.63) is 58.9 Å². The highest BCUT2D eigenvalue weighted by atomic mass is 35.5. The number of nitrogens with one attached hydrogen (secondary N) is 2. The molecule has 4 rings (SSSR count). The van der Waals surface area contributed by atoms with Gasteiger partial charge in [0.2, 0.25) is 17.8 Å². The zero-order valence-corrected chi connectivity index (χ0v) is 18.2. The second-order valence-electron chi connectivity index (χ2n) is 7.54. The van der Waals surface area contributed by atoms with Crippen LogP contribution in [0.2, 0.25) is 5.02 Å². The molecule has 2 heterocycles. The molecule has 3 aromatic rings. The van der Waals surface area contributed by atoms with E-state index >= 15 is 0 Å². The van der Waals surface area contributed by atoms with Crippen LogP contribution in [0.25, 0.3) is 0 Å². The molecule has 1 aromatic heterocycles. The molecule has 1 aliphatic heterocycles. The average molecular weight is 443 g/mol. The highest BCUT2D eigenvalue weighted by molar-refractivity contribution is 6.31. The van der Waals surface area contributed by atoms with Gasteiger partial charge in [-0.25, -0.2) is 4.39 Å². The van der Waals surface area contributed by atoms with Crippen molar-refractivity contribution in [3.63, 3.8) is 0 Å². The number of halogens is 2. The van der Waals surface area contributed by atoms with Crippen LogP contribution in [0.4, 0.5) is 33.6 Å². The molecule has 31 heavy (non-hydrogen) atoms. The van der Waals surface area contributed by atoms with Crippen molar-refractivity contribution in [1.82, 2.24) is 15.0 Å². The SMILES string of the molecule is CC(C)c1ccc(Nc2nc(Nc3ccc(F)c(Cl)c3)nc(N3CCOCC3)n2)cc1. The van der Waals surface area contributed by atoms with Crippen LogP contribution in [0.3, 0.4) is 0 Å². The molecule has 0 spiro atoms. The molecule has 9 heteroatoms. The zero-order valence-electron chi connectivity index (χ0n) is 17.4. The predicted molar refractivity (Wildman–Crippen MR) is 121 cm³/mol. The van der Waals surface area contributed by atoms with E-state index in [-0.39, 0.29) is 5.02 Å². The standard InChI is InChI=1S/C22H24ClFN6O/c1-14(2)15-3-5-16(6-4-15)25-20-27-21(26-17-7-8-19(24)18(23)13-17)29-22(28-20)30-9-11-31-12-10-30/h3-8,13-14H,9-12H2,1-2H3,(H2,25,26,27,28,29). The summed E-state index contributed by atoms with van der Waals surface area (Å²) in [7, 11) is 0. The third-order valence-corrected chi connectivity index (χ3v) is 5.22. The molecule has 2 aromatic carbocycles. The minimum atomic E-state index is -0.482. The minimum absolute atomic E-state index is 0.0241. The first-order valence-electron chi connectivity index (χ1n) is 10.2. The van der Waals surface area contributed by atoms with Gasteiger partial charge in [-0.2, -0.15) is 15.0 Å². The van der Waals surface area contributed by atoms with Crippen LogP contribution >= 0.6 is 11.6 Å². The molecule has 2 N–H and O–H groups in total. The van der Waals surface area contributed by atoms with Crippen molar-refractivity contribution < 1.29 is 9.13 Å². The monoisotopic (exact) mass is 442 g/mol. The molecule has 0 unspecified atom stereocenters. The number of morpholine rings is 1. The maximum Gasteiger partial charge on any atom is 0.233 e. The lowest BCUT2D eigenvalue weighted by Crippen LogP contribution is -2.37. The Morgan fingerprint density at radius 1 is 0.935 bits per heavy atom. The van der Waals surface area contributed by atoms with Crippen molar-refractivity contribution in [2.75, 3.05) is 41.8 Å². The van der Waals surface area contributed by atoms with Crippen LogP contribution in [0.15, 0.2) is 42.5 Å². The first-order valence-corrected chi connectivity index (χ1v) is 10.5. The number of ether oxygens (including phenoxy) is 1. The van der Waals surface area contributed by atoms with Crippen LogP contribution < -0.4 is 15.5 Å². The van der Waals surface area contributed by atoms with Crippen molar-refractivity contribution in [2.24, 2.45) is 0 Å². The Balaban J connectivity index is 1.62. The van der Waals surface area contributed by atoms with Gasteiger partial charge in [0, 0.05) is 24.5 Å². The van der Waals surface area contributed by atoms with Crippen LogP contribution in [-0.4, -0.2) is 41.3 Å². The van der Waals surface area contributed by atoms with Crippen LogP contribution in [0, 0.1) is 5.82 Å². The van der Waals surface area contributed by atoms with E-state index in [1.54, 1.807) is 6.07 Å². The fourth-order valence-electron chi connectivity index (χ4n) is 3.16. The lowest BCUT2D eigenvalue weighted by molar-refractivity contribution is 0.122. The normalized spacial score (nSPS) is 14.0. The average Bonchev–Trinajstić information content (AvgIpc) is 2.77. The summed E-state index contributed by atoms with van der Waals surface area (Å²) in [6.07, 6.45) is 0. The van der Waals surface area contributed by atoms with Gasteiger partial charge in [-0.3, -0.25) is 0 Å². The number of rotatable bonds is 6. The Morgan fingerprint density at radius 2 is 1.55 bits per heavy atom. The fourth-order valence-corrected chi connectivity index (χ4v) is 3.35. The minimum Gasteiger partial charge on any atom is -0.378 e. The third kappa shape index (κ3) is 5.39. The summed E-state index contributed by atoms with van der Waals surface area (Å²) in [5, 5.41) is 6.36. The largest absolute Gasteiger partial charge is 0.378 e. The van der Waals surface area contributed by atoms with E-state index in [4.69, 9.17) is 16.3 Å². The molecule has 0 bridgehead atoms. The van der Waals surface area contributed by atoms with E-state index in [1.807, 2.05) is 17.0 Å². The van der Waals surface area contributed by atoms with Gasteiger partial charge in [-0.1, -0.05) is 37.6 Å². The van der Waals surface area contributed by atoms with E-state index in [2.05, 4.69) is 51.6 Å². The number of benzene rings is 2. The van der Waals surface area contributed by atoms with Crippen LogP contribution in [0.5, 0.6) is 0 Å². The number of aromatic nitrogens is 3. The summed E-state index contributed by atoms with van der Waals surface area (Å²) in [5.41, 5.74) is 2.71. The molecule has 0 aliphatic carbocycles. The van der Waals surface area contributed by atoms with Gasteiger partial charge in [0.25, 0.3) is 0 Å². The Morgan fingerprint density at radius 3 is 2.16 bits per heavy atom. The summed E-state index contributed by atoms with van der Waals surface area (Å²) >= 11 is 5.90. The molecular formula is C22H24ClFN6O. The number of nitrogens with zero attached hydrogens (tertiary/aromatic N) is 4. The number of anilines is 5. The van der Waals surface area contributed by atoms with E-state index < -0.39 is 5.82 Å². The Bertz CT molecular complexity index is 1040. The van der Waals surface area contributed by atoms with E-state index in [1.165, 1.54) is 17.7 Å². The van der Waals surface area contributed by atoms with Crippen molar-refractivity contribution in [2.45, 2.75) is 19.8 Å².